The third kappa shape index (κ3) is 1.35. The van der Waals surface area contributed by atoms with E-state index >= 15 is 0 Å². The zero-order valence-electron chi connectivity index (χ0n) is 7.74. The zero-order valence-corrected chi connectivity index (χ0v) is 7.74. The average Bonchev–Trinajstić information content (AvgIpc) is 2.16. The lowest BCUT2D eigenvalue weighted by molar-refractivity contribution is 0.0698. The van der Waals surface area contributed by atoms with E-state index in [9.17, 15) is 4.79 Å². The molecule has 0 fully saturated rings. The highest BCUT2D eigenvalue weighted by Crippen LogP contribution is 2.19. The molecule has 69 valence electrons. The number of hydrogen-bond acceptors (Lipinski definition) is 1. The third-order valence-electron chi connectivity index (χ3n) is 2.18. The maximum atomic E-state index is 10.9. The van der Waals surface area contributed by atoms with Crippen LogP contribution in [0.2, 0.25) is 0 Å². The first kappa shape index (κ1) is 8.75. The van der Waals surface area contributed by atoms with Crippen LogP contribution < -0.4 is 0 Å². The quantitative estimate of drug-likeness (QED) is 0.741. The number of benzene rings is 2. The number of fused-ring (bicyclic) bond motifs is 1. The van der Waals surface area contributed by atoms with Crippen LogP contribution in [-0.4, -0.2) is 11.1 Å². The lowest BCUT2D eigenvalue weighted by atomic mass is 10.0. The number of aromatic carboxylic acids is 1. The van der Waals surface area contributed by atoms with Crippen molar-refractivity contribution in [1.29, 1.82) is 0 Å². The van der Waals surface area contributed by atoms with E-state index in [1.54, 1.807) is 6.07 Å². The van der Waals surface area contributed by atoms with Crippen molar-refractivity contribution in [3.8, 4) is 0 Å². The number of carboxylic acids is 1. The van der Waals surface area contributed by atoms with Crippen molar-refractivity contribution in [1.82, 2.24) is 0 Å². The Kier molecular flexibility index (Phi) is 1.97. The summed E-state index contributed by atoms with van der Waals surface area (Å²) in [6.07, 6.45) is 0. The molecule has 0 saturated carbocycles. The van der Waals surface area contributed by atoms with Gasteiger partial charge in [-0.1, -0.05) is 35.9 Å². The number of carboxylic acid groups (broad SMARTS) is 1. The van der Waals surface area contributed by atoms with Crippen molar-refractivity contribution in [3.05, 3.63) is 47.5 Å². The molecule has 0 aliphatic carbocycles. The molecule has 0 heterocycles. The standard InChI is InChI=1S/C12H9O2/c1-8-5-6-10-9(7-8)3-2-4-11(10)12(13)14/h2-3,5-7H,1H3,(H,13,14). The molecule has 0 aromatic heterocycles. The van der Waals surface area contributed by atoms with Crippen molar-refractivity contribution in [3.63, 3.8) is 0 Å². The largest absolute Gasteiger partial charge is 0.478 e. The minimum absolute atomic E-state index is 0.238. The number of aryl methyl sites for hydroxylation is 1. The maximum absolute atomic E-state index is 10.9. The highest BCUT2D eigenvalue weighted by Gasteiger charge is 2.07. The van der Waals surface area contributed by atoms with Gasteiger partial charge < -0.3 is 5.11 Å². The predicted molar refractivity (Wildman–Crippen MR) is 54.5 cm³/mol. The molecule has 0 saturated heterocycles. The second-order valence-corrected chi connectivity index (χ2v) is 3.25. The monoisotopic (exact) mass is 185 g/mol. The van der Waals surface area contributed by atoms with Gasteiger partial charge in [0.05, 0.1) is 5.56 Å². The van der Waals surface area contributed by atoms with Crippen LogP contribution in [0, 0.1) is 13.0 Å². The van der Waals surface area contributed by atoms with Gasteiger partial charge in [0.15, 0.2) is 0 Å². The highest BCUT2D eigenvalue weighted by molar-refractivity contribution is 6.03. The summed E-state index contributed by atoms with van der Waals surface area (Å²) in [7, 11) is 0. The molecule has 0 amide bonds. The van der Waals surface area contributed by atoms with Crippen molar-refractivity contribution >= 4 is 16.7 Å². The Morgan fingerprint density at radius 1 is 1.36 bits per heavy atom. The molecule has 14 heavy (non-hydrogen) atoms. The van der Waals surface area contributed by atoms with E-state index in [1.165, 1.54) is 0 Å². The van der Waals surface area contributed by atoms with E-state index < -0.39 is 5.97 Å². The number of rotatable bonds is 1. The summed E-state index contributed by atoms with van der Waals surface area (Å²) in [6.45, 7) is 1.98. The van der Waals surface area contributed by atoms with Gasteiger partial charge in [0.2, 0.25) is 0 Å². The molecule has 0 aliphatic heterocycles. The molecule has 0 spiro atoms. The molecular weight excluding hydrogens is 176 g/mol. The Morgan fingerprint density at radius 2 is 2.14 bits per heavy atom. The lowest BCUT2D eigenvalue weighted by Gasteiger charge is -2.02. The topological polar surface area (TPSA) is 37.3 Å². The number of carbonyl (C=O) groups is 1. The molecule has 2 rings (SSSR count). The van der Waals surface area contributed by atoms with Gasteiger partial charge in [0, 0.05) is 0 Å². The lowest BCUT2D eigenvalue weighted by Crippen LogP contribution is -1.97. The predicted octanol–water partition coefficient (Wildman–Crippen LogP) is 2.65. The Morgan fingerprint density at radius 3 is 2.86 bits per heavy atom. The fourth-order valence-electron chi connectivity index (χ4n) is 1.52. The fourth-order valence-corrected chi connectivity index (χ4v) is 1.52. The molecule has 0 aliphatic rings. The van der Waals surface area contributed by atoms with Crippen LogP contribution in [0.3, 0.4) is 0 Å². The Bertz CT molecular complexity index is 501. The second-order valence-electron chi connectivity index (χ2n) is 3.25. The Hall–Kier alpha value is -1.83. The van der Waals surface area contributed by atoms with E-state index in [4.69, 9.17) is 5.11 Å². The molecule has 2 heteroatoms. The van der Waals surface area contributed by atoms with Crippen LogP contribution in [-0.2, 0) is 0 Å². The summed E-state index contributed by atoms with van der Waals surface area (Å²) in [6, 6.07) is 11.9. The zero-order chi connectivity index (χ0) is 10.1. The van der Waals surface area contributed by atoms with Crippen LogP contribution in [0.25, 0.3) is 10.8 Å². The first-order valence-electron chi connectivity index (χ1n) is 4.33. The normalized spacial score (nSPS) is 10.4. The molecule has 0 bridgehead atoms. The van der Waals surface area contributed by atoms with Gasteiger partial charge >= 0.3 is 5.97 Å². The molecular formula is C12H9O2. The summed E-state index contributed by atoms with van der Waals surface area (Å²) in [5, 5.41) is 10.6. The third-order valence-corrected chi connectivity index (χ3v) is 2.18. The molecule has 0 atom stereocenters. The maximum Gasteiger partial charge on any atom is 0.336 e. The minimum Gasteiger partial charge on any atom is -0.478 e. The van der Waals surface area contributed by atoms with Gasteiger partial charge in [-0.2, -0.15) is 0 Å². The first-order valence-corrected chi connectivity index (χ1v) is 4.33. The van der Waals surface area contributed by atoms with Crippen molar-refractivity contribution in [2.45, 2.75) is 6.92 Å². The molecule has 2 aromatic rings. The van der Waals surface area contributed by atoms with E-state index in [2.05, 4.69) is 6.07 Å². The Labute approximate surface area is 81.8 Å². The van der Waals surface area contributed by atoms with E-state index in [0.717, 1.165) is 16.3 Å². The van der Waals surface area contributed by atoms with Gasteiger partial charge in [0.1, 0.15) is 0 Å². The van der Waals surface area contributed by atoms with E-state index in [-0.39, 0.29) is 5.56 Å². The highest BCUT2D eigenvalue weighted by atomic mass is 16.4. The summed E-state index contributed by atoms with van der Waals surface area (Å²) >= 11 is 0. The molecule has 1 radical (unpaired) electrons. The van der Waals surface area contributed by atoms with Crippen molar-refractivity contribution < 1.29 is 9.90 Å². The molecule has 2 aromatic carbocycles. The molecule has 0 unspecified atom stereocenters. The fraction of sp³-hybridized carbons (Fsp3) is 0.0833. The average molecular weight is 185 g/mol. The van der Waals surface area contributed by atoms with Gasteiger partial charge in [-0.25, -0.2) is 4.79 Å². The van der Waals surface area contributed by atoms with E-state index in [1.807, 2.05) is 31.2 Å². The van der Waals surface area contributed by atoms with Gasteiger partial charge in [-0.15, -0.1) is 0 Å². The van der Waals surface area contributed by atoms with Gasteiger partial charge in [-0.05, 0) is 23.8 Å². The molecule has 1 N–H and O–H groups in total. The molecule has 2 nitrogen and oxygen atoms in total. The summed E-state index contributed by atoms with van der Waals surface area (Å²) < 4.78 is 0. The summed E-state index contributed by atoms with van der Waals surface area (Å²) in [4.78, 5) is 10.9. The smallest absolute Gasteiger partial charge is 0.336 e. The first-order chi connectivity index (χ1) is 6.68. The second kappa shape index (κ2) is 3.14. The van der Waals surface area contributed by atoms with Crippen LogP contribution in [0.4, 0.5) is 0 Å². The Balaban J connectivity index is 2.81. The van der Waals surface area contributed by atoms with Gasteiger partial charge in [0.25, 0.3) is 0 Å². The van der Waals surface area contributed by atoms with Crippen LogP contribution >= 0.6 is 0 Å². The van der Waals surface area contributed by atoms with Crippen molar-refractivity contribution in [2.24, 2.45) is 0 Å². The van der Waals surface area contributed by atoms with Gasteiger partial charge in [-0.3, -0.25) is 0 Å². The SMILES string of the molecule is Cc1ccc2c(C(=O)O)[c]ccc2c1. The van der Waals surface area contributed by atoms with Crippen LogP contribution in [0.5, 0.6) is 0 Å². The van der Waals surface area contributed by atoms with E-state index in [0.29, 0.717) is 0 Å². The number of hydrogen-bond donors (Lipinski definition) is 1. The van der Waals surface area contributed by atoms with Crippen molar-refractivity contribution in [2.75, 3.05) is 0 Å². The summed E-state index contributed by atoms with van der Waals surface area (Å²) in [5.74, 6) is -0.931. The van der Waals surface area contributed by atoms with Crippen LogP contribution in [0.15, 0.2) is 30.3 Å². The van der Waals surface area contributed by atoms with Crippen LogP contribution in [0.1, 0.15) is 15.9 Å². The summed E-state index contributed by atoms with van der Waals surface area (Å²) in [5.41, 5.74) is 1.36. The minimum atomic E-state index is -0.931.